The molecule has 0 bridgehead atoms. The van der Waals surface area contributed by atoms with Gasteiger partial charge in [-0.25, -0.2) is 0 Å². The first-order valence-corrected chi connectivity index (χ1v) is 5.49. The van der Waals surface area contributed by atoms with Crippen molar-refractivity contribution >= 4 is 0 Å². The van der Waals surface area contributed by atoms with Crippen LogP contribution in [0.3, 0.4) is 0 Å². The summed E-state index contributed by atoms with van der Waals surface area (Å²) in [5.74, 6) is 0. The summed E-state index contributed by atoms with van der Waals surface area (Å²) in [6, 6.07) is 8.27. The maximum atomic E-state index is 9.45. The molecule has 1 aromatic rings. The van der Waals surface area contributed by atoms with Gasteiger partial charge in [0.1, 0.15) is 0 Å². The summed E-state index contributed by atoms with van der Waals surface area (Å²) in [6.07, 6.45) is 2.61. The van der Waals surface area contributed by atoms with Crippen LogP contribution in [-0.2, 0) is 16.8 Å². The Labute approximate surface area is 90.9 Å². The van der Waals surface area contributed by atoms with Gasteiger partial charge in [-0.1, -0.05) is 24.3 Å². The molecule has 1 unspecified atom stereocenters. The van der Waals surface area contributed by atoms with E-state index in [0.29, 0.717) is 6.42 Å². The lowest BCUT2D eigenvalue weighted by molar-refractivity contribution is 0.0775. The average molecular weight is 206 g/mol. The van der Waals surface area contributed by atoms with Gasteiger partial charge in [-0.2, -0.15) is 0 Å². The second-order valence-electron chi connectivity index (χ2n) is 4.41. The van der Waals surface area contributed by atoms with Gasteiger partial charge in [-0.15, -0.1) is 0 Å². The highest BCUT2D eigenvalue weighted by Gasteiger charge is 2.45. The van der Waals surface area contributed by atoms with Crippen LogP contribution in [0.4, 0.5) is 0 Å². The van der Waals surface area contributed by atoms with Crippen molar-refractivity contribution in [3.8, 4) is 0 Å². The average Bonchev–Trinajstić information content (AvgIpc) is 2.98. The van der Waals surface area contributed by atoms with E-state index < -0.39 is 0 Å². The molecule has 2 heteroatoms. The van der Waals surface area contributed by atoms with Gasteiger partial charge in [0.25, 0.3) is 0 Å². The number of ether oxygens (including phenoxy) is 1. The summed E-state index contributed by atoms with van der Waals surface area (Å²) in [5.41, 5.74) is 2.42. The van der Waals surface area contributed by atoms with Gasteiger partial charge in [0, 0.05) is 7.11 Å². The Bertz CT molecular complexity index is 340. The summed E-state index contributed by atoms with van der Waals surface area (Å²) >= 11 is 0. The lowest BCUT2D eigenvalue weighted by atomic mass is 9.96. The van der Waals surface area contributed by atoms with Crippen LogP contribution in [0, 0.1) is 0 Å². The molecule has 82 valence electrons. The third-order valence-corrected chi connectivity index (χ3v) is 3.12. The fourth-order valence-electron chi connectivity index (χ4n) is 2.16. The molecule has 2 rings (SSSR count). The molecule has 0 aromatic heterocycles. The molecule has 2 nitrogen and oxygen atoms in total. The topological polar surface area (TPSA) is 29.5 Å². The fraction of sp³-hybridized carbons (Fsp3) is 0.538. The van der Waals surface area contributed by atoms with Crippen LogP contribution < -0.4 is 0 Å². The summed E-state index contributed by atoms with van der Waals surface area (Å²) in [4.78, 5) is 0. The molecule has 1 atom stereocenters. The first kappa shape index (κ1) is 10.7. The van der Waals surface area contributed by atoms with E-state index in [1.165, 1.54) is 11.1 Å². The Hall–Kier alpha value is -0.860. The Balaban J connectivity index is 2.30. The normalized spacial score (nSPS) is 19.9. The molecule has 1 N–H and O–H groups in total. The quantitative estimate of drug-likeness (QED) is 0.818. The minimum absolute atomic E-state index is 0.0501. The molecule has 0 radical (unpaired) electrons. The number of hydrogen-bond donors (Lipinski definition) is 1. The zero-order valence-corrected chi connectivity index (χ0v) is 9.36. The number of rotatable bonds is 4. The molecule has 0 heterocycles. The molecule has 0 amide bonds. The Morgan fingerprint density at radius 2 is 2.07 bits per heavy atom. The molecule has 1 saturated carbocycles. The number of aliphatic hydroxyl groups is 1. The maximum absolute atomic E-state index is 9.45. The second-order valence-corrected chi connectivity index (χ2v) is 4.41. The number of hydrogen-bond acceptors (Lipinski definition) is 2. The van der Waals surface area contributed by atoms with E-state index in [9.17, 15) is 5.11 Å². The summed E-state index contributed by atoms with van der Waals surface area (Å²) in [5, 5.41) is 9.45. The van der Waals surface area contributed by atoms with E-state index in [-0.39, 0.29) is 11.7 Å². The summed E-state index contributed by atoms with van der Waals surface area (Å²) < 4.78 is 5.58. The van der Waals surface area contributed by atoms with Gasteiger partial charge in [-0.3, -0.25) is 0 Å². The van der Waals surface area contributed by atoms with Crippen molar-refractivity contribution in [1.29, 1.82) is 0 Å². The summed E-state index contributed by atoms with van der Waals surface area (Å²) in [6.45, 7) is 1.82. The van der Waals surface area contributed by atoms with Crippen LogP contribution in [0.2, 0.25) is 0 Å². The van der Waals surface area contributed by atoms with E-state index in [1.807, 2.05) is 19.1 Å². The SMILES string of the molecule is COC1(c2ccccc2CC(C)O)CC1. The lowest BCUT2D eigenvalue weighted by Crippen LogP contribution is -2.15. The zero-order chi connectivity index (χ0) is 10.9. The molecule has 0 saturated heterocycles. The molecule has 15 heavy (non-hydrogen) atoms. The lowest BCUT2D eigenvalue weighted by Gasteiger charge is -2.18. The van der Waals surface area contributed by atoms with Gasteiger partial charge in [0.05, 0.1) is 11.7 Å². The third kappa shape index (κ3) is 2.06. The minimum Gasteiger partial charge on any atom is -0.393 e. The molecule has 1 fully saturated rings. The van der Waals surface area contributed by atoms with Crippen LogP contribution in [0.25, 0.3) is 0 Å². The number of methoxy groups -OCH3 is 1. The highest BCUT2D eigenvalue weighted by Crippen LogP contribution is 2.49. The standard InChI is InChI=1S/C13H18O2/c1-10(14)9-11-5-3-4-6-12(11)13(15-2)7-8-13/h3-6,10,14H,7-9H2,1-2H3. The van der Waals surface area contributed by atoms with Crippen molar-refractivity contribution < 1.29 is 9.84 Å². The number of aliphatic hydroxyl groups excluding tert-OH is 1. The Morgan fingerprint density at radius 1 is 1.40 bits per heavy atom. The zero-order valence-electron chi connectivity index (χ0n) is 9.36. The first-order chi connectivity index (χ1) is 7.18. The largest absolute Gasteiger partial charge is 0.393 e. The highest BCUT2D eigenvalue weighted by molar-refractivity contribution is 5.36. The molecule has 1 aliphatic rings. The van der Waals surface area contributed by atoms with Gasteiger partial charge in [0.2, 0.25) is 0 Å². The molecular formula is C13H18O2. The van der Waals surface area contributed by atoms with Crippen molar-refractivity contribution in [3.63, 3.8) is 0 Å². The van der Waals surface area contributed by atoms with Gasteiger partial charge in [-0.05, 0) is 37.3 Å². The molecular weight excluding hydrogens is 188 g/mol. The second kappa shape index (κ2) is 3.95. The van der Waals surface area contributed by atoms with E-state index >= 15 is 0 Å². The van der Waals surface area contributed by atoms with E-state index in [1.54, 1.807) is 7.11 Å². The van der Waals surface area contributed by atoms with Gasteiger partial charge in [0.15, 0.2) is 0 Å². The fourth-order valence-corrected chi connectivity index (χ4v) is 2.16. The maximum Gasteiger partial charge on any atom is 0.0932 e. The van der Waals surface area contributed by atoms with Crippen LogP contribution in [-0.4, -0.2) is 18.3 Å². The van der Waals surface area contributed by atoms with Crippen LogP contribution in [0.5, 0.6) is 0 Å². The van der Waals surface area contributed by atoms with E-state index in [2.05, 4.69) is 12.1 Å². The highest BCUT2D eigenvalue weighted by atomic mass is 16.5. The van der Waals surface area contributed by atoms with Crippen LogP contribution in [0.1, 0.15) is 30.9 Å². The third-order valence-electron chi connectivity index (χ3n) is 3.12. The van der Waals surface area contributed by atoms with Gasteiger partial charge < -0.3 is 9.84 Å². The van der Waals surface area contributed by atoms with Crippen molar-refractivity contribution in [1.82, 2.24) is 0 Å². The van der Waals surface area contributed by atoms with Crippen LogP contribution in [0.15, 0.2) is 24.3 Å². The molecule has 1 aliphatic carbocycles. The van der Waals surface area contributed by atoms with Crippen molar-refractivity contribution in [2.24, 2.45) is 0 Å². The van der Waals surface area contributed by atoms with Gasteiger partial charge >= 0.3 is 0 Å². The van der Waals surface area contributed by atoms with E-state index in [0.717, 1.165) is 12.8 Å². The summed E-state index contributed by atoms with van der Waals surface area (Å²) in [7, 11) is 1.77. The predicted octanol–water partition coefficient (Wildman–Crippen LogP) is 2.25. The van der Waals surface area contributed by atoms with Crippen LogP contribution >= 0.6 is 0 Å². The Kier molecular flexibility index (Phi) is 2.81. The van der Waals surface area contributed by atoms with Crippen molar-refractivity contribution in [3.05, 3.63) is 35.4 Å². The van der Waals surface area contributed by atoms with Crippen molar-refractivity contribution in [2.75, 3.05) is 7.11 Å². The number of benzene rings is 1. The van der Waals surface area contributed by atoms with E-state index in [4.69, 9.17) is 4.74 Å². The minimum atomic E-state index is -0.293. The molecule has 1 aromatic carbocycles. The first-order valence-electron chi connectivity index (χ1n) is 5.49. The molecule has 0 aliphatic heterocycles. The molecule has 0 spiro atoms. The Morgan fingerprint density at radius 3 is 2.60 bits per heavy atom. The predicted molar refractivity (Wildman–Crippen MR) is 59.7 cm³/mol. The monoisotopic (exact) mass is 206 g/mol. The smallest absolute Gasteiger partial charge is 0.0932 e. The van der Waals surface area contributed by atoms with Crippen molar-refractivity contribution in [2.45, 2.75) is 37.9 Å².